The first-order chi connectivity index (χ1) is 8.01. The zero-order valence-corrected chi connectivity index (χ0v) is 10.1. The molecule has 94 valence electrons. The molecule has 1 aromatic carbocycles. The van der Waals surface area contributed by atoms with E-state index in [4.69, 9.17) is 9.47 Å². The highest BCUT2D eigenvalue weighted by atomic mass is 19.1. The van der Waals surface area contributed by atoms with Gasteiger partial charge in [0.1, 0.15) is 5.82 Å². The van der Waals surface area contributed by atoms with Crippen LogP contribution in [0.1, 0.15) is 6.92 Å². The molecule has 1 rings (SSSR count). The van der Waals surface area contributed by atoms with E-state index in [9.17, 15) is 9.18 Å². The van der Waals surface area contributed by atoms with Gasteiger partial charge in [0.05, 0.1) is 13.7 Å². The summed E-state index contributed by atoms with van der Waals surface area (Å²) >= 11 is 0. The molecule has 1 aromatic rings. The number of rotatable bonds is 5. The van der Waals surface area contributed by atoms with Crippen molar-refractivity contribution in [1.29, 1.82) is 0 Å². The van der Waals surface area contributed by atoms with Crippen molar-refractivity contribution >= 4 is 11.7 Å². The van der Waals surface area contributed by atoms with Crippen molar-refractivity contribution in [3.8, 4) is 0 Å². The van der Waals surface area contributed by atoms with Crippen LogP contribution in [0.5, 0.6) is 0 Å². The van der Waals surface area contributed by atoms with Gasteiger partial charge in [-0.15, -0.1) is 0 Å². The van der Waals surface area contributed by atoms with Crippen LogP contribution in [-0.4, -0.2) is 32.3 Å². The van der Waals surface area contributed by atoms with E-state index >= 15 is 0 Å². The maximum atomic E-state index is 12.7. The lowest BCUT2D eigenvalue weighted by molar-refractivity contribution is -0.147. The first kappa shape index (κ1) is 13.4. The number of benzene rings is 1. The summed E-state index contributed by atoms with van der Waals surface area (Å²) < 4.78 is 22.4. The van der Waals surface area contributed by atoms with Crippen LogP contribution >= 0.6 is 0 Å². The first-order valence-corrected chi connectivity index (χ1v) is 5.13. The molecular weight excluding hydrogens is 225 g/mol. The predicted octanol–water partition coefficient (Wildman–Crippen LogP) is 1.82. The lowest BCUT2D eigenvalue weighted by atomic mass is 10.0. The van der Waals surface area contributed by atoms with Crippen molar-refractivity contribution in [2.45, 2.75) is 12.5 Å². The fourth-order valence-corrected chi connectivity index (χ4v) is 1.51. The van der Waals surface area contributed by atoms with Crippen LogP contribution in [0, 0.1) is 5.82 Å². The maximum absolute atomic E-state index is 12.7. The molecule has 0 heterocycles. The normalized spacial score (nSPS) is 13.9. The van der Waals surface area contributed by atoms with Gasteiger partial charge in [0.15, 0.2) is 5.54 Å². The zero-order chi connectivity index (χ0) is 12.9. The van der Waals surface area contributed by atoms with Crippen LogP contribution < -0.4 is 5.32 Å². The SMILES string of the molecule is COCC(C)(Nc1ccc(F)cc1)C(=O)OC. The fourth-order valence-electron chi connectivity index (χ4n) is 1.51. The van der Waals surface area contributed by atoms with Crippen molar-refractivity contribution in [2.75, 3.05) is 26.1 Å². The number of hydrogen-bond donors (Lipinski definition) is 1. The van der Waals surface area contributed by atoms with Crippen molar-refractivity contribution in [3.63, 3.8) is 0 Å². The highest BCUT2D eigenvalue weighted by molar-refractivity contribution is 5.84. The van der Waals surface area contributed by atoms with Gasteiger partial charge in [-0.1, -0.05) is 0 Å². The van der Waals surface area contributed by atoms with E-state index in [2.05, 4.69) is 5.32 Å². The average Bonchev–Trinajstić information content (AvgIpc) is 2.31. The molecule has 17 heavy (non-hydrogen) atoms. The Hall–Kier alpha value is -1.62. The van der Waals surface area contributed by atoms with Crippen molar-refractivity contribution in [1.82, 2.24) is 0 Å². The van der Waals surface area contributed by atoms with Crippen LogP contribution in [0.25, 0.3) is 0 Å². The lowest BCUT2D eigenvalue weighted by Crippen LogP contribution is -2.48. The van der Waals surface area contributed by atoms with Gasteiger partial charge in [0.2, 0.25) is 0 Å². The molecule has 0 saturated carbocycles. The summed E-state index contributed by atoms with van der Waals surface area (Å²) in [5, 5.41) is 2.97. The maximum Gasteiger partial charge on any atom is 0.333 e. The van der Waals surface area contributed by atoms with Gasteiger partial charge in [-0.3, -0.25) is 0 Å². The third-order valence-corrected chi connectivity index (χ3v) is 2.33. The Morgan fingerprint density at radius 2 is 1.94 bits per heavy atom. The topological polar surface area (TPSA) is 47.6 Å². The number of carbonyl (C=O) groups is 1. The van der Waals surface area contributed by atoms with Gasteiger partial charge in [0.25, 0.3) is 0 Å². The third-order valence-electron chi connectivity index (χ3n) is 2.33. The standard InChI is InChI=1S/C12H16FNO3/c1-12(8-16-2,11(15)17-3)14-10-6-4-9(13)5-7-10/h4-7,14H,8H2,1-3H3. The molecule has 5 heteroatoms. The second-order valence-corrected chi connectivity index (χ2v) is 3.89. The second kappa shape index (κ2) is 5.63. The number of halogens is 1. The van der Waals surface area contributed by atoms with Crippen LogP contribution in [-0.2, 0) is 14.3 Å². The summed E-state index contributed by atoms with van der Waals surface area (Å²) in [4.78, 5) is 11.7. The van der Waals surface area contributed by atoms with E-state index in [1.165, 1.54) is 26.4 Å². The predicted molar refractivity (Wildman–Crippen MR) is 62.3 cm³/mol. The van der Waals surface area contributed by atoms with Crippen LogP contribution in [0.2, 0.25) is 0 Å². The molecule has 0 radical (unpaired) electrons. The van der Waals surface area contributed by atoms with Gasteiger partial charge >= 0.3 is 5.97 Å². The molecule has 0 spiro atoms. The van der Waals surface area contributed by atoms with Crippen LogP contribution in [0.15, 0.2) is 24.3 Å². The number of carbonyl (C=O) groups excluding carboxylic acids is 1. The van der Waals surface area contributed by atoms with Gasteiger partial charge in [0, 0.05) is 12.8 Å². The minimum atomic E-state index is -0.999. The Morgan fingerprint density at radius 1 is 1.35 bits per heavy atom. The number of esters is 1. The summed E-state index contributed by atoms with van der Waals surface area (Å²) in [5.41, 5.74) is -0.377. The van der Waals surface area contributed by atoms with Crippen LogP contribution in [0.3, 0.4) is 0 Å². The molecule has 4 nitrogen and oxygen atoms in total. The van der Waals surface area contributed by atoms with Crippen molar-refractivity contribution in [3.05, 3.63) is 30.1 Å². The summed E-state index contributed by atoms with van der Waals surface area (Å²) in [6, 6.07) is 5.72. The van der Waals surface area contributed by atoms with Crippen LogP contribution in [0.4, 0.5) is 10.1 Å². The molecule has 0 aliphatic rings. The Morgan fingerprint density at radius 3 is 2.41 bits per heavy atom. The van der Waals surface area contributed by atoms with E-state index in [1.807, 2.05) is 0 Å². The molecule has 0 fully saturated rings. The van der Waals surface area contributed by atoms with Gasteiger partial charge in [-0.2, -0.15) is 0 Å². The van der Waals surface area contributed by atoms with Crippen molar-refractivity contribution in [2.24, 2.45) is 0 Å². The molecule has 0 aliphatic carbocycles. The molecule has 0 aliphatic heterocycles. The molecule has 0 amide bonds. The van der Waals surface area contributed by atoms with Gasteiger partial charge in [-0.05, 0) is 31.2 Å². The minimum absolute atomic E-state index is 0.150. The lowest BCUT2D eigenvalue weighted by Gasteiger charge is -2.28. The molecule has 0 aromatic heterocycles. The number of anilines is 1. The monoisotopic (exact) mass is 241 g/mol. The Kier molecular flexibility index (Phi) is 4.45. The van der Waals surface area contributed by atoms with Gasteiger partial charge in [-0.25, -0.2) is 9.18 Å². The number of ether oxygens (including phenoxy) is 2. The van der Waals surface area contributed by atoms with Crippen molar-refractivity contribution < 1.29 is 18.7 Å². The first-order valence-electron chi connectivity index (χ1n) is 5.13. The van der Waals surface area contributed by atoms with Gasteiger partial charge < -0.3 is 14.8 Å². The van der Waals surface area contributed by atoms with E-state index in [1.54, 1.807) is 19.1 Å². The largest absolute Gasteiger partial charge is 0.467 e. The molecule has 0 bridgehead atoms. The number of hydrogen-bond acceptors (Lipinski definition) is 4. The van der Waals surface area contributed by atoms with E-state index < -0.39 is 11.5 Å². The minimum Gasteiger partial charge on any atom is -0.467 e. The quantitative estimate of drug-likeness (QED) is 0.799. The summed E-state index contributed by atoms with van der Waals surface area (Å²) in [7, 11) is 2.80. The third kappa shape index (κ3) is 3.42. The molecule has 1 unspecified atom stereocenters. The van der Waals surface area contributed by atoms with E-state index in [0.717, 1.165) is 0 Å². The highest BCUT2D eigenvalue weighted by Gasteiger charge is 2.34. The smallest absolute Gasteiger partial charge is 0.333 e. The molecule has 1 N–H and O–H groups in total. The Balaban J connectivity index is 2.86. The summed E-state index contributed by atoms with van der Waals surface area (Å²) in [6.45, 7) is 1.81. The molecule has 1 atom stereocenters. The van der Waals surface area contributed by atoms with E-state index in [-0.39, 0.29) is 12.4 Å². The average molecular weight is 241 g/mol. The summed E-state index contributed by atoms with van der Waals surface area (Å²) in [6.07, 6.45) is 0. The zero-order valence-electron chi connectivity index (χ0n) is 10.1. The summed E-state index contributed by atoms with van der Waals surface area (Å²) in [5.74, 6) is -0.772. The Bertz CT molecular complexity index is 380. The molecular formula is C12H16FNO3. The highest BCUT2D eigenvalue weighted by Crippen LogP contribution is 2.17. The fraction of sp³-hybridized carbons (Fsp3) is 0.417. The number of methoxy groups -OCH3 is 2. The number of nitrogens with one attached hydrogen (secondary N) is 1. The second-order valence-electron chi connectivity index (χ2n) is 3.89. The Labute approximate surface area is 99.7 Å². The molecule has 0 saturated heterocycles. The van der Waals surface area contributed by atoms with E-state index in [0.29, 0.717) is 5.69 Å².